The Morgan fingerprint density at radius 2 is 2.44 bits per heavy atom. The Labute approximate surface area is 53.1 Å². The van der Waals surface area contributed by atoms with E-state index in [4.69, 9.17) is 6.42 Å². The van der Waals surface area contributed by atoms with E-state index in [1.54, 1.807) is 0 Å². The molecule has 2 amide bonds. The van der Waals surface area contributed by atoms with Crippen molar-refractivity contribution in [1.82, 2.24) is 0 Å². The fourth-order valence-corrected chi connectivity index (χ4v) is 0.234. The Balaban J connectivity index is 3.28. The Hall–Kier alpha value is -1.37. The Bertz CT molecular complexity index is 156. The number of hydrogen-bond acceptors (Lipinski definition) is 2. The molecule has 0 radical (unpaired) electrons. The molecule has 4 heteroatoms. The maximum atomic E-state index is 9.87. The summed E-state index contributed by atoms with van der Waals surface area (Å²) in [5.41, 5.74) is 4.62. The Morgan fingerprint density at radius 1 is 1.78 bits per heavy atom. The molecule has 0 aliphatic carbocycles. The van der Waals surface area contributed by atoms with Gasteiger partial charge in [0.25, 0.3) is 0 Å². The van der Waals surface area contributed by atoms with E-state index in [2.05, 4.69) is 21.9 Å². The molecule has 2 N–H and O–H groups in total. The van der Waals surface area contributed by atoms with Crippen molar-refractivity contribution in [3.63, 3.8) is 0 Å². The molecule has 0 saturated carbocycles. The van der Waals surface area contributed by atoms with Gasteiger partial charge in [0, 0.05) is 6.42 Å². The summed E-state index contributed by atoms with van der Waals surface area (Å²) in [7, 11) is 0. The minimum atomic E-state index is -0.785. The van der Waals surface area contributed by atoms with E-state index < -0.39 is 6.03 Å². The summed E-state index contributed by atoms with van der Waals surface area (Å²) in [6.07, 6.45) is 5.36. The van der Waals surface area contributed by atoms with Crippen molar-refractivity contribution in [1.29, 1.82) is 0 Å². The molecule has 48 valence electrons. The van der Waals surface area contributed by atoms with Gasteiger partial charge < -0.3 is 5.73 Å². The molecule has 0 fully saturated rings. The molecule has 4 nitrogen and oxygen atoms in total. The van der Waals surface area contributed by atoms with Gasteiger partial charge in [0.15, 0.2) is 0 Å². The SMILES string of the molecule is C#CCCN=NC(N)=O. The van der Waals surface area contributed by atoms with Gasteiger partial charge in [0.1, 0.15) is 0 Å². The fourth-order valence-electron chi connectivity index (χ4n) is 0.234. The van der Waals surface area contributed by atoms with Crippen LogP contribution in [0.4, 0.5) is 4.79 Å². The summed E-state index contributed by atoms with van der Waals surface area (Å²) in [6, 6.07) is -0.785. The first-order valence-corrected chi connectivity index (χ1v) is 2.37. The summed E-state index contributed by atoms with van der Waals surface area (Å²) < 4.78 is 0. The highest BCUT2D eigenvalue weighted by Gasteiger charge is 1.81. The third kappa shape index (κ3) is 6.63. The number of carbonyl (C=O) groups excluding carboxylic acids is 1. The van der Waals surface area contributed by atoms with Crippen LogP contribution < -0.4 is 5.73 Å². The molecular weight excluding hydrogens is 118 g/mol. The summed E-state index contributed by atoms with van der Waals surface area (Å²) in [4.78, 5) is 9.87. The topological polar surface area (TPSA) is 67.8 Å². The molecule has 9 heavy (non-hydrogen) atoms. The molecule has 0 aromatic carbocycles. The van der Waals surface area contributed by atoms with Crippen LogP contribution in [0.15, 0.2) is 10.2 Å². The van der Waals surface area contributed by atoms with Crippen LogP contribution in [0.25, 0.3) is 0 Å². The standard InChI is InChI=1S/C5H7N3O/c1-2-3-4-7-8-5(6)9/h1H,3-4H2,(H2,6,9). The monoisotopic (exact) mass is 125 g/mol. The van der Waals surface area contributed by atoms with Gasteiger partial charge in [-0.1, -0.05) is 5.11 Å². The number of hydrogen-bond donors (Lipinski definition) is 1. The molecule has 0 rings (SSSR count). The summed E-state index contributed by atoms with van der Waals surface area (Å²) in [6.45, 7) is 0.361. The first kappa shape index (κ1) is 7.63. The molecule has 0 aromatic rings. The number of primary amides is 1. The van der Waals surface area contributed by atoms with E-state index in [0.29, 0.717) is 13.0 Å². The van der Waals surface area contributed by atoms with E-state index in [1.807, 2.05) is 0 Å². The number of carbonyl (C=O) groups is 1. The largest absolute Gasteiger partial charge is 0.356 e. The van der Waals surface area contributed by atoms with Crippen LogP contribution in [-0.4, -0.2) is 12.6 Å². The zero-order valence-corrected chi connectivity index (χ0v) is 4.87. The maximum Gasteiger partial charge on any atom is 0.356 e. The smallest absolute Gasteiger partial charge is 0.348 e. The normalized spacial score (nSPS) is 9.22. The zero-order valence-electron chi connectivity index (χ0n) is 4.87. The first-order chi connectivity index (χ1) is 4.27. The molecule has 0 aromatic heterocycles. The van der Waals surface area contributed by atoms with E-state index in [0.717, 1.165) is 0 Å². The molecule has 0 heterocycles. The van der Waals surface area contributed by atoms with Gasteiger partial charge in [-0.2, -0.15) is 5.11 Å². The molecule has 0 spiro atoms. The number of azo groups is 1. The van der Waals surface area contributed by atoms with Crippen LogP contribution >= 0.6 is 0 Å². The Morgan fingerprint density at radius 3 is 2.89 bits per heavy atom. The van der Waals surface area contributed by atoms with Crippen LogP contribution in [0.3, 0.4) is 0 Å². The van der Waals surface area contributed by atoms with Crippen molar-refractivity contribution in [2.24, 2.45) is 16.0 Å². The van der Waals surface area contributed by atoms with Gasteiger partial charge in [-0.25, -0.2) is 4.79 Å². The second kappa shape index (κ2) is 4.78. The number of rotatable bonds is 2. The van der Waals surface area contributed by atoms with E-state index >= 15 is 0 Å². The van der Waals surface area contributed by atoms with Crippen molar-refractivity contribution in [3.8, 4) is 12.3 Å². The first-order valence-electron chi connectivity index (χ1n) is 2.37. The van der Waals surface area contributed by atoms with Crippen LogP contribution in [0, 0.1) is 12.3 Å². The van der Waals surface area contributed by atoms with Gasteiger partial charge in [-0.15, -0.1) is 12.3 Å². The van der Waals surface area contributed by atoms with Crippen molar-refractivity contribution in [2.75, 3.05) is 6.54 Å². The number of nitrogens with zero attached hydrogens (tertiary/aromatic N) is 2. The minimum absolute atomic E-state index is 0.361. The van der Waals surface area contributed by atoms with E-state index in [-0.39, 0.29) is 0 Å². The van der Waals surface area contributed by atoms with Crippen LogP contribution in [-0.2, 0) is 0 Å². The van der Waals surface area contributed by atoms with Crippen molar-refractivity contribution >= 4 is 6.03 Å². The van der Waals surface area contributed by atoms with Gasteiger partial charge in [-0.3, -0.25) is 0 Å². The number of urea groups is 1. The van der Waals surface area contributed by atoms with Crippen molar-refractivity contribution in [2.45, 2.75) is 6.42 Å². The highest BCUT2D eigenvalue weighted by atomic mass is 16.2. The molecule has 0 saturated heterocycles. The molecular formula is C5H7N3O. The Kier molecular flexibility index (Phi) is 4.05. The number of nitrogens with two attached hydrogens (primary N) is 1. The predicted octanol–water partition coefficient (Wildman–Crippen LogP) is 0.541. The van der Waals surface area contributed by atoms with Crippen LogP contribution in [0.1, 0.15) is 6.42 Å². The van der Waals surface area contributed by atoms with Crippen LogP contribution in [0.2, 0.25) is 0 Å². The predicted molar refractivity (Wildman–Crippen MR) is 32.8 cm³/mol. The molecule has 0 atom stereocenters. The summed E-state index contributed by atoms with van der Waals surface area (Å²) in [5, 5.41) is 6.40. The quantitative estimate of drug-likeness (QED) is 0.326. The highest BCUT2D eigenvalue weighted by Crippen LogP contribution is 1.79. The van der Waals surface area contributed by atoms with Crippen molar-refractivity contribution < 1.29 is 4.79 Å². The average Bonchev–Trinajstić information content (AvgIpc) is 1.80. The molecule has 0 bridgehead atoms. The lowest BCUT2D eigenvalue weighted by Crippen LogP contribution is -2.02. The van der Waals surface area contributed by atoms with E-state index in [9.17, 15) is 4.79 Å². The third-order valence-corrected chi connectivity index (χ3v) is 0.525. The second-order valence-electron chi connectivity index (χ2n) is 1.26. The fraction of sp³-hybridized carbons (Fsp3) is 0.400. The lowest BCUT2D eigenvalue weighted by Gasteiger charge is -1.79. The summed E-state index contributed by atoms with van der Waals surface area (Å²) >= 11 is 0. The maximum absolute atomic E-state index is 9.87. The minimum Gasteiger partial charge on any atom is -0.348 e. The van der Waals surface area contributed by atoms with E-state index in [1.165, 1.54) is 0 Å². The number of amides is 2. The van der Waals surface area contributed by atoms with Gasteiger partial charge in [0.05, 0.1) is 6.54 Å². The third-order valence-electron chi connectivity index (χ3n) is 0.525. The zero-order chi connectivity index (χ0) is 7.11. The highest BCUT2D eigenvalue weighted by molar-refractivity contribution is 5.71. The van der Waals surface area contributed by atoms with Crippen LogP contribution in [0.5, 0.6) is 0 Å². The number of terminal acetylenes is 1. The van der Waals surface area contributed by atoms with Crippen molar-refractivity contribution in [3.05, 3.63) is 0 Å². The lowest BCUT2D eigenvalue weighted by molar-refractivity contribution is 0.255. The molecule has 0 aliphatic heterocycles. The van der Waals surface area contributed by atoms with Gasteiger partial charge >= 0.3 is 6.03 Å². The molecule has 0 unspecified atom stereocenters. The van der Waals surface area contributed by atoms with Gasteiger partial charge in [0.2, 0.25) is 0 Å². The van der Waals surface area contributed by atoms with Gasteiger partial charge in [-0.05, 0) is 0 Å². The average molecular weight is 125 g/mol. The second-order valence-corrected chi connectivity index (χ2v) is 1.26. The summed E-state index contributed by atoms with van der Waals surface area (Å²) in [5.74, 6) is 2.34. The molecule has 0 aliphatic rings. The lowest BCUT2D eigenvalue weighted by atomic mass is 10.5.